The van der Waals surface area contributed by atoms with Crippen LogP contribution in [0, 0.1) is 6.92 Å². The molecule has 0 amide bonds. The van der Waals surface area contributed by atoms with Crippen LogP contribution in [0.4, 0.5) is 0 Å². The van der Waals surface area contributed by atoms with Gasteiger partial charge in [-0.3, -0.25) is 0 Å². The lowest BCUT2D eigenvalue weighted by atomic mass is 9.88. The first-order chi connectivity index (χ1) is 7.34. The van der Waals surface area contributed by atoms with Gasteiger partial charge in [0, 0.05) is 6.04 Å². The van der Waals surface area contributed by atoms with E-state index in [0.29, 0.717) is 12.1 Å². The van der Waals surface area contributed by atoms with E-state index in [-0.39, 0.29) is 0 Å². The summed E-state index contributed by atoms with van der Waals surface area (Å²) in [7, 11) is 0. The van der Waals surface area contributed by atoms with Crippen LogP contribution in [0.1, 0.15) is 29.2 Å². The SMILES string of the molecule is Cc1ccc2c(c1)CCO[C@H]2[C@H]1CCN1. The Balaban J connectivity index is 1.95. The number of aryl methyl sites for hydroxylation is 1. The molecular weight excluding hydrogens is 186 g/mol. The van der Waals surface area contributed by atoms with Crippen molar-refractivity contribution in [2.45, 2.75) is 31.9 Å². The summed E-state index contributed by atoms with van der Waals surface area (Å²) in [5.74, 6) is 0. The Morgan fingerprint density at radius 2 is 2.27 bits per heavy atom. The molecule has 2 heterocycles. The summed E-state index contributed by atoms with van der Waals surface area (Å²) in [6, 6.07) is 7.30. The van der Waals surface area contributed by atoms with Crippen LogP contribution < -0.4 is 5.32 Å². The van der Waals surface area contributed by atoms with E-state index in [1.54, 1.807) is 0 Å². The number of nitrogens with one attached hydrogen (secondary N) is 1. The molecule has 1 aromatic carbocycles. The second-order valence-electron chi connectivity index (χ2n) is 4.59. The molecule has 0 bridgehead atoms. The average Bonchev–Trinajstić information content (AvgIpc) is 2.15. The van der Waals surface area contributed by atoms with E-state index in [4.69, 9.17) is 4.74 Å². The van der Waals surface area contributed by atoms with Gasteiger partial charge in [0.05, 0.1) is 12.7 Å². The van der Waals surface area contributed by atoms with Crippen molar-refractivity contribution in [3.8, 4) is 0 Å². The monoisotopic (exact) mass is 203 g/mol. The number of fused-ring (bicyclic) bond motifs is 1. The number of ether oxygens (including phenoxy) is 1. The highest BCUT2D eigenvalue weighted by Gasteiger charge is 2.32. The van der Waals surface area contributed by atoms with Gasteiger partial charge in [-0.2, -0.15) is 0 Å². The van der Waals surface area contributed by atoms with Crippen LogP contribution in [0.15, 0.2) is 18.2 Å². The lowest BCUT2D eigenvalue weighted by Gasteiger charge is -2.38. The fourth-order valence-corrected chi connectivity index (χ4v) is 2.52. The number of benzene rings is 1. The zero-order valence-electron chi connectivity index (χ0n) is 9.12. The van der Waals surface area contributed by atoms with Crippen LogP contribution in [-0.4, -0.2) is 19.2 Å². The lowest BCUT2D eigenvalue weighted by Crippen LogP contribution is -2.48. The minimum Gasteiger partial charge on any atom is -0.372 e. The molecule has 1 N–H and O–H groups in total. The van der Waals surface area contributed by atoms with Crippen LogP contribution in [0.3, 0.4) is 0 Å². The number of hydrogen-bond donors (Lipinski definition) is 1. The topological polar surface area (TPSA) is 21.3 Å². The molecule has 0 unspecified atom stereocenters. The van der Waals surface area contributed by atoms with Crippen LogP contribution >= 0.6 is 0 Å². The molecule has 1 fully saturated rings. The van der Waals surface area contributed by atoms with Crippen LogP contribution in [0.5, 0.6) is 0 Å². The van der Waals surface area contributed by atoms with Gasteiger partial charge in [-0.15, -0.1) is 0 Å². The predicted octanol–water partition coefficient (Wildman–Crippen LogP) is 1.97. The fourth-order valence-electron chi connectivity index (χ4n) is 2.52. The molecule has 2 aliphatic heterocycles. The molecule has 2 aliphatic rings. The van der Waals surface area contributed by atoms with E-state index < -0.39 is 0 Å². The van der Waals surface area contributed by atoms with Crippen molar-refractivity contribution in [3.63, 3.8) is 0 Å². The van der Waals surface area contributed by atoms with Crippen molar-refractivity contribution < 1.29 is 4.74 Å². The normalized spacial score (nSPS) is 29.4. The average molecular weight is 203 g/mol. The molecule has 2 atom stereocenters. The van der Waals surface area contributed by atoms with E-state index in [2.05, 4.69) is 30.4 Å². The molecule has 3 rings (SSSR count). The summed E-state index contributed by atoms with van der Waals surface area (Å²) in [6.45, 7) is 4.18. The van der Waals surface area contributed by atoms with Crippen LogP contribution in [0.25, 0.3) is 0 Å². The predicted molar refractivity (Wildman–Crippen MR) is 60.0 cm³/mol. The first kappa shape index (κ1) is 9.37. The number of hydrogen-bond acceptors (Lipinski definition) is 2. The second kappa shape index (κ2) is 3.62. The van der Waals surface area contributed by atoms with Crippen molar-refractivity contribution in [2.24, 2.45) is 0 Å². The molecular formula is C13H17NO. The molecule has 1 aromatic rings. The third-order valence-corrected chi connectivity index (χ3v) is 3.50. The molecule has 2 nitrogen and oxygen atoms in total. The van der Waals surface area contributed by atoms with Gasteiger partial charge in [0.2, 0.25) is 0 Å². The smallest absolute Gasteiger partial charge is 0.0981 e. The second-order valence-corrected chi connectivity index (χ2v) is 4.59. The van der Waals surface area contributed by atoms with Gasteiger partial charge in [-0.25, -0.2) is 0 Å². The van der Waals surface area contributed by atoms with Gasteiger partial charge in [0.1, 0.15) is 0 Å². The third-order valence-electron chi connectivity index (χ3n) is 3.50. The summed E-state index contributed by atoms with van der Waals surface area (Å²) in [4.78, 5) is 0. The quantitative estimate of drug-likeness (QED) is 0.753. The summed E-state index contributed by atoms with van der Waals surface area (Å²) < 4.78 is 5.89. The Morgan fingerprint density at radius 3 is 3.00 bits per heavy atom. The maximum atomic E-state index is 5.89. The first-order valence-electron chi connectivity index (χ1n) is 5.79. The van der Waals surface area contributed by atoms with Crippen molar-refractivity contribution in [1.82, 2.24) is 5.32 Å². The van der Waals surface area contributed by atoms with Crippen molar-refractivity contribution in [2.75, 3.05) is 13.2 Å². The molecule has 0 saturated carbocycles. The van der Waals surface area contributed by atoms with E-state index >= 15 is 0 Å². The van der Waals surface area contributed by atoms with Crippen molar-refractivity contribution in [3.05, 3.63) is 34.9 Å². The number of rotatable bonds is 1. The van der Waals surface area contributed by atoms with Gasteiger partial charge in [0.25, 0.3) is 0 Å². The Labute approximate surface area is 90.6 Å². The van der Waals surface area contributed by atoms with E-state index in [1.807, 2.05) is 0 Å². The Morgan fingerprint density at radius 1 is 1.40 bits per heavy atom. The molecule has 0 aliphatic carbocycles. The van der Waals surface area contributed by atoms with Crippen molar-refractivity contribution in [1.29, 1.82) is 0 Å². The molecule has 0 aromatic heterocycles. The largest absolute Gasteiger partial charge is 0.372 e. The van der Waals surface area contributed by atoms with Gasteiger partial charge < -0.3 is 10.1 Å². The highest BCUT2D eigenvalue weighted by molar-refractivity contribution is 5.35. The van der Waals surface area contributed by atoms with Crippen molar-refractivity contribution >= 4 is 0 Å². The third kappa shape index (κ3) is 1.58. The molecule has 15 heavy (non-hydrogen) atoms. The molecule has 80 valence electrons. The van der Waals surface area contributed by atoms with Gasteiger partial charge >= 0.3 is 0 Å². The highest BCUT2D eigenvalue weighted by Crippen LogP contribution is 2.33. The standard InChI is InChI=1S/C13H17NO/c1-9-2-3-11-10(8-9)5-7-15-13(11)12-4-6-14-12/h2-3,8,12-14H,4-7H2,1H3/t12-,13-/m1/s1. The minimum atomic E-state index is 0.295. The Hall–Kier alpha value is -0.860. The highest BCUT2D eigenvalue weighted by atomic mass is 16.5. The fraction of sp³-hybridized carbons (Fsp3) is 0.538. The maximum absolute atomic E-state index is 5.89. The van der Waals surface area contributed by atoms with Gasteiger partial charge in [0.15, 0.2) is 0 Å². The van der Waals surface area contributed by atoms with Crippen LogP contribution in [-0.2, 0) is 11.2 Å². The Bertz CT molecular complexity index is 371. The zero-order valence-corrected chi connectivity index (χ0v) is 9.12. The summed E-state index contributed by atoms with van der Waals surface area (Å²) in [5, 5.41) is 3.45. The van der Waals surface area contributed by atoms with Crippen LogP contribution in [0.2, 0.25) is 0 Å². The molecule has 2 heteroatoms. The summed E-state index contributed by atoms with van der Waals surface area (Å²) >= 11 is 0. The van der Waals surface area contributed by atoms with Gasteiger partial charge in [-0.05, 0) is 37.4 Å². The molecule has 1 saturated heterocycles. The van der Waals surface area contributed by atoms with Gasteiger partial charge in [-0.1, -0.05) is 23.8 Å². The maximum Gasteiger partial charge on any atom is 0.0981 e. The summed E-state index contributed by atoms with van der Waals surface area (Å²) in [6.07, 6.45) is 2.61. The summed E-state index contributed by atoms with van der Waals surface area (Å²) in [5.41, 5.74) is 4.25. The zero-order chi connectivity index (χ0) is 10.3. The Kier molecular flexibility index (Phi) is 2.26. The molecule has 0 spiro atoms. The minimum absolute atomic E-state index is 0.295. The lowest BCUT2D eigenvalue weighted by molar-refractivity contribution is -0.00150. The van der Waals surface area contributed by atoms with E-state index in [9.17, 15) is 0 Å². The van der Waals surface area contributed by atoms with E-state index in [0.717, 1.165) is 19.6 Å². The van der Waals surface area contributed by atoms with E-state index in [1.165, 1.54) is 23.1 Å². The first-order valence-corrected chi connectivity index (χ1v) is 5.79. The molecule has 0 radical (unpaired) electrons.